The molecule has 20 heavy (non-hydrogen) atoms. The van der Waals surface area contributed by atoms with Gasteiger partial charge in [-0.1, -0.05) is 39.0 Å². The molecule has 120 valence electrons. The molecule has 0 aliphatic heterocycles. The minimum absolute atomic E-state index is 0.171. The SMILES string of the molecule is CCCCCCC[C@H](O)CCCC(=O)OC[C@H](O)CO. The molecule has 2 atom stereocenters. The molecule has 0 heterocycles. The lowest BCUT2D eigenvalue weighted by Crippen LogP contribution is -2.22. The summed E-state index contributed by atoms with van der Waals surface area (Å²) in [5, 5.41) is 27.3. The number of aliphatic hydroxyl groups is 3. The number of carbonyl (C=O) groups excluding carboxylic acids is 1. The maximum absolute atomic E-state index is 11.3. The van der Waals surface area contributed by atoms with Crippen molar-refractivity contribution in [3.05, 3.63) is 0 Å². The van der Waals surface area contributed by atoms with Gasteiger partial charge in [-0.3, -0.25) is 4.79 Å². The molecule has 0 rings (SSSR count). The Labute approximate surface area is 122 Å². The fraction of sp³-hybridized carbons (Fsp3) is 0.933. The number of esters is 1. The van der Waals surface area contributed by atoms with E-state index in [1.807, 2.05) is 0 Å². The van der Waals surface area contributed by atoms with Gasteiger partial charge in [0.1, 0.15) is 12.7 Å². The normalized spacial score (nSPS) is 14.0. The van der Waals surface area contributed by atoms with E-state index in [0.29, 0.717) is 12.8 Å². The van der Waals surface area contributed by atoms with Crippen molar-refractivity contribution in [1.82, 2.24) is 0 Å². The second kappa shape index (κ2) is 13.3. The Morgan fingerprint density at radius 2 is 1.65 bits per heavy atom. The van der Waals surface area contributed by atoms with Gasteiger partial charge in [0.15, 0.2) is 0 Å². The van der Waals surface area contributed by atoms with Crippen LogP contribution in [0.4, 0.5) is 0 Å². The lowest BCUT2D eigenvalue weighted by atomic mass is 10.0. The number of aliphatic hydroxyl groups excluding tert-OH is 3. The molecule has 0 spiro atoms. The Morgan fingerprint density at radius 3 is 2.30 bits per heavy atom. The first kappa shape index (κ1) is 19.4. The van der Waals surface area contributed by atoms with E-state index < -0.39 is 18.7 Å². The van der Waals surface area contributed by atoms with Crippen molar-refractivity contribution in [2.45, 2.75) is 76.9 Å². The van der Waals surface area contributed by atoms with Gasteiger partial charge in [-0.25, -0.2) is 0 Å². The van der Waals surface area contributed by atoms with Crippen molar-refractivity contribution in [1.29, 1.82) is 0 Å². The van der Waals surface area contributed by atoms with Crippen LogP contribution in [0.3, 0.4) is 0 Å². The third-order valence-corrected chi connectivity index (χ3v) is 3.21. The highest BCUT2D eigenvalue weighted by atomic mass is 16.5. The highest BCUT2D eigenvalue weighted by Gasteiger charge is 2.09. The molecule has 0 aliphatic carbocycles. The first-order valence-electron chi connectivity index (χ1n) is 7.72. The Kier molecular flexibility index (Phi) is 12.9. The average Bonchev–Trinajstić information content (AvgIpc) is 2.44. The Balaban J connectivity index is 3.41. The Bertz CT molecular complexity index is 232. The molecule has 0 aromatic rings. The van der Waals surface area contributed by atoms with Gasteiger partial charge in [0.2, 0.25) is 0 Å². The molecule has 0 aromatic carbocycles. The third kappa shape index (κ3) is 12.4. The summed E-state index contributed by atoms with van der Waals surface area (Å²) in [6, 6.07) is 0. The zero-order chi connectivity index (χ0) is 15.2. The Hall–Kier alpha value is -0.650. The van der Waals surface area contributed by atoms with Crippen LogP contribution < -0.4 is 0 Å². The number of hydrogen-bond acceptors (Lipinski definition) is 5. The molecule has 0 fully saturated rings. The molecule has 0 saturated carbocycles. The van der Waals surface area contributed by atoms with E-state index in [2.05, 4.69) is 6.92 Å². The molecule has 0 unspecified atom stereocenters. The molecule has 0 bridgehead atoms. The summed E-state index contributed by atoms with van der Waals surface area (Å²) in [5.74, 6) is -0.396. The summed E-state index contributed by atoms with van der Waals surface area (Å²) in [6.07, 6.45) is 6.77. The molecule has 0 aliphatic rings. The van der Waals surface area contributed by atoms with Gasteiger partial charge in [0.25, 0.3) is 0 Å². The monoisotopic (exact) mass is 290 g/mol. The summed E-state index contributed by atoms with van der Waals surface area (Å²) in [6.45, 7) is 1.59. The smallest absolute Gasteiger partial charge is 0.305 e. The molecular formula is C15H30O5. The fourth-order valence-corrected chi connectivity index (χ4v) is 1.92. The van der Waals surface area contributed by atoms with Crippen LogP contribution in [0, 0.1) is 0 Å². The highest BCUT2D eigenvalue weighted by Crippen LogP contribution is 2.11. The first-order valence-corrected chi connectivity index (χ1v) is 7.72. The summed E-state index contributed by atoms with van der Waals surface area (Å²) >= 11 is 0. The molecule has 5 nitrogen and oxygen atoms in total. The van der Waals surface area contributed by atoms with Gasteiger partial charge in [-0.05, 0) is 19.3 Å². The van der Waals surface area contributed by atoms with Gasteiger partial charge in [0, 0.05) is 6.42 Å². The van der Waals surface area contributed by atoms with Crippen molar-refractivity contribution < 1.29 is 24.9 Å². The minimum Gasteiger partial charge on any atom is -0.463 e. The summed E-state index contributed by atoms with van der Waals surface area (Å²) in [5.41, 5.74) is 0. The van der Waals surface area contributed by atoms with E-state index in [1.165, 1.54) is 19.3 Å². The van der Waals surface area contributed by atoms with Gasteiger partial charge < -0.3 is 20.1 Å². The van der Waals surface area contributed by atoms with Crippen molar-refractivity contribution >= 4 is 5.97 Å². The number of rotatable bonds is 13. The van der Waals surface area contributed by atoms with Gasteiger partial charge in [-0.15, -0.1) is 0 Å². The van der Waals surface area contributed by atoms with Crippen molar-refractivity contribution in [2.75, 3.05) is 13.2 Å². The predicted octanol–water partition coefficient (Wildman–Crippen LogP) is 1.77. The molecule has 0 radical (unpaired) electrons. The number of hydrogen-bond donors (Lipinski definition) is 3. The predicted molar refractivity (Wildman–Crippen MR) is 77.3 cm³/mol. The van der Waals surface area contributed by atoms with Crippen LogP contribution in [0.5, 0.6) is 0 Å². The largest absolute Gasteiger partial charge is 0.463 e. The van der Waals surface area contributed by atoms with E-state index in [4.69, 9.17) is 14.9 Å². The van der Waals surface area contributed by atoms with E-state index >= 15 is 0 Å². The van der Waals surface area contributed by atoms with Crippen molar-refractivity contribution in [3.8, 4) is 0 Å². The van der Waals surface area contributed by atoms with Crippen LogP contribution in [-0.2, 0) is 9.53 Å². The van der Waals surface area contributed by atoms with Crippen LogP contribution >= 0.6 is 0 Å². The first-order chi connectivity index (χ1) is 9.60. The standard InChI is InChI=1S/C15H30O5/c1-2-3-4-5-6-8-13(17)9-7-10-15(19)20-12-14(18)11-16/h13-14,16-18H,2-12H2,1H3/t13-,14+/m0/s1. The van der Waals surface area contributed by atoms with Crippen LogP contribution in [0.1, 0.15) is 64.7 Å². The van der Waals surface area contributed by atoms with Crippen LogP contribution in [-0.4, -0.2) is 46.7 Å². The van der Waals surface area contributed by atoms with Crippen molar-refractivity contribution in [2.24, 2.45) is 0 Å². The average molecular weight is 290 g/mol. The molecule has 5 heteroatoms. The highest BCUT2D eigenvalue weighted by molar-refractivity contribution is 5.69. The topological polar surface area (TPSA) is 87.0 Å². The lowest BCUT2D eigenvalue weighted by Gasteiger charge is -2.11. The zero-order valence-electron chi connectivity index (χ0n) is 12.6. The molecule has 0 aromatic heterocycles. The van der Waals surface area contributed by atoms with Gasteiger partial charge >= 0.3 is 5.97 Å². The zero-order valence-corrected chi connectivity index (χ0v) is 12.6. The Morgan fingerprint density at radius 1 is 1.00 bits per heavy atom. The summed E-state index contributed by atoms with van der Waals surface area (Å²) in [7, 11) is 0. The minimum atomic E-state index is -1.01. The van der Waals surface area contributed by atoms with E-state index in [0.717, 1.165) is 19.3 Å². The van der Waals surface area contributed by atoms with Crippen LogP contribution in [0.2, 0.25) is 0 Å². The maximum atomic E-state index is 11.3. The lowest BCUT2D eigenvalue weighted by molar-refractivity contribution is -0.147. The third-order valence-electron chi connectivity index (χ3n) is 3.21. The van der Waals surface area contributed by atoms with E-state index in [9.17, 15) is 9.90 Å². The quantitative estimate of drug-likeness (QED) is 0.355. The molecule has 0 amide bonds. The number of ether oxygens (including phenoxy) is 1. The van der Waals surface area contributed by atoms with E-state index in [1.54, 1.807) is 0 Å². The summed E-state index contributed by atoms with van der Waals surface area (Å²) in [4.78, 5) is 11.3. The van der Waals surface area contributed by atoms with Crippen molar-refractivity contribution in [3.63, 3.8) is 0 Å². The second-order valence-electron chi connectivity index (χ2n) is 5.27. The van der Waals surface area contributed by atoms with Gasteiger partial charge in [-0.2, -0.15) is 0 Å². The maximum Gasteiger partial charge on any atom is 0.305 e. The van der Waals surface area contributed by atoms with Crippen LogP contribution in [0.15, 0.2) is 0 Å². The molecule has 0 saturated heterocycles. The van der Waals surface area contributed by atoms with Gasteiger partial charge in [0.05, 0.1) is 12.7 Å². The van der Waals surface area contributed by atoms with Crippen LogP contribution in [0.25, 0.3) is 0 Å². The second-order valence-corrected chi connectivity index (χ2v) is 5.27. The number of carbonyl (C=O) groups is 1. The number of unbranched alkanes of at least 4 members (excludes halogenated alkanes) is 4. The van der Waals surface area contributed by atoms with E-state index in [-0.39, 0.29) is 19.1 Å². The summed E-state index contributed by atoms with van der Waals surface area (Å²) < 4.78 is 4.77. The molecular weight excluding hydrogens is 260 g/mol. The molecule has 3 N–H and O–H groups in total. The fourth-order valence-electron chi connectivity index (χ4n) is 1.92.